The number of nitrogens with one attached hydrogen (secondary N) is 1. The molecular formula is C23H21F3N8O4. The van der Waals surface area contributed by atoms with Gasteiger partial charge in [0.05, 0.1) is 25.2 Å². The number of aromatic nitrogens is 7. The van der Waals surface area contributed by atoms with Crippen LogP contribution in [0.3, 0.4) is 0 Å². The van der Waals surface area contributed by atoms with Gasteiger partial charge in [0, 0.05) is 37.5 Å². The number of pyridine rings is 1. The summed E-state index contributed by atoms with van der Waals surface area (Å²) in [5.41, 5.74) is -0.363. The Morgan fingerprint density at radius 2 is 1.89 bits per heavy atom. The van der Waals surface area contributed by atoms with Crippen molar-refractivity contribution in [1.82, 2.24) is 33.6 Å². The summed E-state index contributed by atoms with van der Waals surface area (Å²) in [7, 11) is 1.50. The van der Waals surface area contributed by atoms with E-state index < -0.39 is 35.2 Å². The van der Waals surface area contributed by atoms with Crippen LogP contribution in [0, 0.1) is 5.92 Å². The summed E-state index contributed by atoms with van der Waals surface area (Å²) in [6.45, 7) is 2.66. The van der Waals surface area contributed by atoms with Crippen molar-refractivity contribution in [1.29, 1.82) is 0 Å². The number of carbonyl (C=O) groups excluding carboxylic acids is 1. The minimum Gasteiger partial charge on any atom is -0.381 e. The van der Waals surface area contributed by atoms with Crippen LogP contribution >= 0.6 is 0 Å². The molecule has 0 aromatic carbocycles. The second-order valence-corrected chi connectivity index (χ2v) is 8.85. The number of fused-ring (bicyclic) bond motifs is 1. The fraction of sp³-hybridized carbons (Fsp3) is 0.348. The molecule has 38 heavy (non-hydrogen) atoms. The smallest absolute Gasteiger partial charge is 0.381 e. The monoisotopic (exact) mass is 530 g/mol. The van der Waals surface area contributed by atoms with E-state index in [1.807, 2.05) is 0 Å². The van der Waals surface area contributed by atoms with Gasteiger partial charge in [-0.25, -0.2) is 24.7 Å². The van der Waals surface area contributed by atoms with E-state index in [4.69, 9.17) is 4.74 Å². The number of nitrogens with zero attached hydrogens (tertiary/aromatic N) is 7. The lowest BCUT2D eigenvalue weighted by molar-refractivity contribution is -0.145. The van der Waals surface area contributed by atoms with Crippen LogP contribution in [0.2, 0.25) is 0 Å². The van der Waals surface area contributed by atoms with Crippen molar-refractivity contribution in [2.75, 3.05) is 18.5 Å². The molecule has 1 fully saturated rings. The van der Waals surface area contributed by atoms with Gasteiger partial charge in [-0.05, 0) is 19.1 Å². The lowest BCUT2D eigenvalue weighted by Gasteiger charge is -2.26. The Bertz CT molecular complexity index is 1640. The number of aryl methyl sites for hydroxylation is 1. The number of ether oxygens (including phenoxy) is 1. The fourth-order valence-corrected chi connectivity index (χ4v) is 4.02. The Labute approximate surface area is 211 Å². The number of hydrogen-bond acceptors (Lipinski definition) is 8. The first-order valence-electron chi connectivity index (χ1n) is 11.5. The molecule has 0 bridgehead atoms. The zero-order chi connectivity index (χ0) is 27.2. The molecule has 0 unspecified atom stereocenters. The summed E-state index contributed by atoms with van der Waals surface area (Å²) in [5, 5.41) is 2.64. The van der Waals surface area contributed by atoms with Gasteiger partial charge in [0.25, 0.3) is 5.56 Å². The molecule has 5 rings (SSSR count). The summed E-state index contributed by atoms with van der Waals surface area (Å²) in [4.78, 5) is 54.2. The predicted molar refractivity (Wildman–Crippen MR) is 127 cm³/mol. The summed E-state index contributed by atoms with van der Waals surface area (Å²) in [6.07, 6.45) is -1.36. The van der Waals surface area contributed by atoms with Crippen molar-refractivity contribution >= 4 is 22.9 Å². The maximum atomic E-state index is 13.3. The van der Waals surface area contributed by atoms with Crippen molar-refractivity contribution in [3.8, 4) is 11.3 Å². The molecule has 198 valence electrons. The first-order chi connectivity index (χ1) is 18.0. The normalized spacial score (nSPS) is 14.9. The molecular weight excluding hydrogens is 509 g/mol. The van der Waals surface area contributed by atoms with Crippen LogP contribution < -0.4 is 16.6 Å². The highest BCUT2D eigenvalue weighted by Gasteiger charge is 2.34. The number of alkyl halides is 3. The van der Waals surface area contributed by atoms with E-state index in [1.165, 1.54) is 34.6 Å². The molecule has 1 aliphatic rings. The van der Waals surface area contributed by atoms with Crippen LogP contribution in [-0.4, -0.2) is 52.8 Å². The van der Waals surface area contributed by atoms with Crippen LogP contribution in [0.25, 0.3) is 22.4 Å². The summed E-state index contributed by atoms with van der Waals surface area (Å²) < 4.78 is 47.1. The largest absolute Gasteiger partial charge is 0.451 e. The van der Waals surface area contributed by atoms with Crippen molar-refractivity contribution < 1.29 is 22.7 Å². The quantitative estimate of drug-likeness (QED) is 0.397. The molecule has 4 aromatic heterocycles. The highest BCUT2D eigenvalue weighted by Crippen LogP contribution is 2.27. The number of halogens is 3. The molecule has 4 aromatic rings. The van der Waals surface area contributed by atoms with Gasteiger partial charge in [-0.3, -0.25) is 18.7 Å². The van der Waals surface area contributed by atoms with E-state index in [2.05, 4.69) is 25.3 Å². The van der Waals surface area contributed by atoms with E-state index in [0.717, 1.165) is 17.0 Å². The van der Waals surface area contributed by atoms with Gasteiger partial charge >= 0.3 is 11.9 Å². The number of hydrogen-bond donors (Lipinski definition) is 1. The Balaban J connectivity index is 1.41. The molecule has 12 nitrogen and oxygen atoms in total. The van der Waals surface area contributed by atoms with Gasteiger partial charge < -0.3 is 14.6 Å². The number of imidazole rings is 1. The lowest BCUT2D eigenvalue weighted by Crippen LogP contribution is -2.44. The Kier molecular flexibility index (Phi) is 6.30. The molecule has 1 N–H and O–H groups in total. The highest BCUT2D eigenvalue weighted by molar-refractivity contribution is 5.93. The van der Waals surface area contributed by atoms with Gasteiger partial charge in [-0.2, -0.15) is 13.2 Å². The van der Waals surface area contributed by atoms with Crippen LogP contribution in [0.1, 0.15) is 18.8 Å². The molecule has 5 heterocycles. The lowest BCUT2D eigenvalue weighted by atomic mass is 10.1. The van der Waals surface area contributed by atoms with Crippen molar-refractivity contribution in [3.05, 3.63) is 63.6 Å². The fourth-order valence-electron chi connectivity index (χ4n) is 4.02. The topological polar surface area (TPSA) is 139 Å². The maximum Gasteiger partial charge on any atom is 0.451 e. The van der Waals surface area contributed by atoms with Gasteiger partial charge in [0.1, 0.15) is 11.9 Å². The summed E-state index contributed by atoms with van der Waals surface area (Å²) in [6, 6.07) is 3.67. The van der Waals surface area contributed by atoms with Gasteiger partial charge in [0.15, 0.2) is 11.2 Å². The Morgan fingerprint density at radius 1 is 1.18 bits per heavy atom. The average Bonchev–Trinajstić information content (AvgIpc) is 3.31. The molecule has 0 spiro atoms. The predicted octanol–water partition coefficient (Wildman–Crippen LogP) is 1.61. The van der Waals surface area contributed by atoms with Gasteiger partial charge in [0.2, 0.25) is 11.7 Å². The van der Waals surface area contributed by atoms with Crippen LogP contribution in [0.5, 0.6) is 0 Å². The molecule has 1 atom stereocenters. The highest BCUT2D eigenvalue weighted by atomic mass is 19.4. The number of carbonyl (C=O) groups is 1. The second-order valence-electron chi connectivity index (χ2n) is 8.85. The third-order valence-electron chi connectivity index (χ3n) is 6.20. The molecule has 0 saturated carbocycles. The molecule has 0 aliphatic carbocycles. The zero-order valence-electron chi connectivity index (χ0n) is 20.1. The third kappa shape index (κ3) is 4.55. The van der Waals surface area contributed by atoms with Crippen LogP contribution in [0.4, 0.5) is 19.0 Å². The minimum absolute atomic E-state index is 0.0448. The van der Waals surface area contributed by atoms with Crippen molar-refractivity contribution in [2.45, 2.75) is 25.7 Å². The Hall–Kier alpha value is -4.40. The number of amides is 1. The zero-order valence-corrected chi connectivity index (χ0v) is 20.1. The molecule has 0 radical (unpaired) electrons. The minimum atomic E-state index is -4.67. The van der Waals surface area contributed by atoms with E-state index in [0.29, 0.717) is 13.2 Å². The number of anilines is 1. The molecule has 1 amide bonds. The summed E-state index contributed by atoms with van der Waals surface area (Å²) in [5.74, 6) is -1.64. The Morgan fingerprint density at radius 3 is 2.53 bits per heavy atom. The summed E-state index contributed by atoms with van der Waals surface area (Å²) >= 11 is 0. The van der Waals surface area contributed by atoms with Gasteiger partial charge in [-0.15, -0.1) is 0 Å². The standard InChI is InChI=1S/C23H21F3N8O4/c1-12(34-11-29-18-17(34)20(36)33(22(37)32(18)2)8-13-9-38-10-13)19(35)31-16-5-3-4-15(30-16)14-6-27-21(28-7-14)23(24,25)26/h3-7,11-13H,8-10H2,1-2H3,(H,30,31,35)/t12-/m0/s1. The van der Waals surface area contributed by atoms with Crippen molar-refractivity contribution in [3.63, 3.8) is 0 Å². The first kappa shape index (κ1) is 25.3. The van der Waals surface area contributed by atoms with Crippen LogP contribution in [-0.2, 0) is 29.3 Å². The van der Waals surface area contributed by atoms with Crippen molar-refractivity contribution in [2.24, 2.45) is 13.0 Å². The molecule has 15 heteroatoms. The molecule has 1 aliphatic heterocycles. The maximum absolute atomic E-state index is 13.3. The van der Waals surface area contributed by atoms with Gasteiger partial charge in [-0.1, -0.05) is 6.07 Å². The second kappa shape index (κ2) is 9.48. The van der Waals surface area contributed by atoms with E-state index in [-0.39, 0.29) is 40.7 Å². The SMILES string of the molecule is C[C@@H](C(=O)Nc1cccc(-c2cnc(C(F)(F)F)nc2)n1)n1cnc2c1c(=O)n(CC1COC1)c(=O)n2C. The first-order valence-corrected chi connectivity index (χ1v) is 11.5. The average molecular weight is 530 g/mol. The van der Waals surface area contributed by atoms with E-state index in [9.17, 15) is 27.6 Å². The van der Waals surface area contributed by atoms with E-state index >= 15 is 0 Å². The van der Waals surface area contributed by atoms with E-state index in [1.54, 1.807) is 13.0 Å². The number of rotatable bonds is 6. The molecule has 1 saturated heterocycles. The van der Waals surface area contributed by atoms with Crippen LogP contribution in [0.15, 0.2) is 46.5 Å². The third-order valence-corrected chi connectivity index (χ3v) is 6.20.